The van der Waals surface area contributed by atoms with Gasteiger partial charge in [-0.2, -0.15) is 0 Å². The lowest BCUT2D eigenvalue weighted by molar-refractivity contribution is 0.221. The van der Waals surface area contributed by atoms with E-state index in [1.165, 1.54) is 62.4 Å². The molecule has 2 fully saturated rings. The number of piperidine rings is 1. The number of halogens is 1. The minimum absolute atomic E-state index is 0.181. The quantitative estimate of drug-likeness (QED) is 0.361. The van der Waals surface area contributed by atoms with E-state index in [2.05, 4.69) is 39.1 Å². The van der Waals surface area contributed by atoms with Crippen LogP contribution in [0.3, 0.4) is 0 Å². The molecule has 5 heteroatoms. The van der Waals surface area contributed by atoms with E-state index in [1.807, 2.05) is 6.20 Å². The molecule has 1 aliphatic carbocycles. The van der Waals surface area contributed by atoms with Crippen LogP contribution in [-0.4, -0.2) is 32.9 Å². The number of fused-ring (bicyclic) bond motifs is 2. The van der Waals surface area contributed by atoms with Crippen LogP contribution in [0.2, 0.25) is 0 Å². The number of rotatable bonds is 5. The Balaban J connectivity index is 1.10. The van der Waals surface area contributed by atoms with Gasteiger partial charge in [0.25, 0.3) is 0 Å². The average molecular weight is 457 g/mol. The van der Waals surface area contributed by atoms with Gasteiger partial charge in [0.2, 0.25) is 0 Å². The van der Waals surface area contributed by atoms with E-state index in [4.69, 9.17) is 4.98 Å². The maximum atomic E-state index is 13.9. The summed E-state index contributed by atoms with van der Waals surface area (Å²) in [6, 6.07) is 13.8. The predicted octanol–water partition coefficient (Wildman–Crippen LogP) is 6.75. The minimum Gasteiger partial charge on any atom is -0.342 e. The minimum atomic E-state index is -0.181. The predicted molar refractivity (Wildman–Crippen MR) is 135 cm³/mol. The third-order valence-corrected chi connectivity index (χ3v) is 7.96. The van der Waals surface area contributed by atoms with E-state index >= 15 is 0 Å². The molecule has 3 heterocycles. The molecule has 2 aromatic heterocycles. The molecule has 176 valence electrons. The first-order valence-corrected chi connectivity index (χ1v) is 13.0. The van der Waals surface area contributed by atoms with Crippen molar-refractivity contribution < 1.29 is 4.39 Å². The number of pyridine rings is 1. The summed E-state index contributed by atoms with van der Waals surface area (Å²) in [6.45, 7) is 3.48. The molecule has 1 saturated heterocycles. The zero-order chi connectivity index (χ0) is 22.9. The first kappa shape index (κ1) is 21.7. The Kier molecular flexibility index (Phi) is 6.04. The van der Waals surface area contributed by atoms with Crippen molar-refractivity contribution in [3.8, 4) is 0 Å². The maximum Gasteiger partial charge on any atom is 0.123 e. The third-order valence-electron chi connectivity index (χ3n) is 7.96. The van der Waals surface area contributed by atoms with Crippen molar-refractivity contribution in [1.29, 1.82) is 0 Å². The van der Waals surface area contributed by atoms with Crippen LogP contribution in [0.1, 0.15) is 67.8 Å². The summed E-state index contributed by atoms with van der Waals surface area (Å²) in [5.74, 6) is 2.07. The summed E-state index contributed by atoms with van der Waals surface area (Å²) in [5, 5.41) is 0.976. The monoisotopic (exact) mass is 456 g/mol. The highest BCUT2D eigenvalue weighted by atomic mass is 19.1. The van der Waals surface area contributed by atoms with Crippen LogP contribution >= 0.6 is 0 Å². The molecule has 0 amide bonds. The maximum absolute atomic E-state index is 13.9. The lowest BCUT2D eigenvalue weighted by Gasteiger charge is -2.29. The van der Waals surface area contributed by atoms with Gasteiger partial charge in [-0.15, -0.1) is 0 Å². The van der Waals surface area contributed by atoms with Crippen molar-refractivity contribution >= 4 is 21.9 Å². The van der Waals surface area contributed by atoms with Gasteiger partial charge in [0.1, 0.15) is 11.6 Å². The van der Waals surface area contributed by atoms with Crippen LogP contribution in [-0.2, 0) is 13.0 Å². The molecule has 2 aromatic carbocycles. The number of imidazole rings is 1. The number of nitrogens with one attached hydrogen (secondary N) is 1. The summed E-state index contributed by atoms with van der Waals surface area (Å²) in [7, 11) is 0. The molecule has 4 nitrogen and oxygen atoms in total. The first-order valence-electron chi connectivity index (χ1n) is 13.0. The van der Waals surface area contributed by atoms with Crippen molar-refractivity contribution in [2.24, 2.45) is 5.92 Å². The first-order chi connectivity index (χ1) is 16.7. The number of H-pyrrole nitrogens is 1. The second-order valence-corrected chi connectivity index (χ2v) is 10.4. The molecule has 2 aliphatic rings. The molecule has 0 unspecified atom stereocenters. The van der Waals surface area contributed by atoms with Crippen LogP contribution in [0.25, 0.3) is 21.9 Å². The fraction of sp³-hybridized carbons (Fsp3) is 0.448. The standard InChI is InChI=1S/C29H33FN4/c30-23-9-11-26-25(18-23)24(12-13-31-26)22-7-4-20(5-8-22)17-29-32-27-10-6-21(16-28(27)33-29)19-34-14-2-1-3-15-34/h6,9-13,16,18,20,22H,1-5,7-8,14-15,17,19H2,(H,32,33). The number of likely N-dealkylation sites (tertiary alicyclic amines) is 1. The molecule has 0 atom stereocenters. The van der Waals surface area contributed by atoms with E-state index in [1.54, 1.807) is 12.1 Å². The van der Waals surface area contributed by atoms with Gasteiger partial charge >= 0.3 is 0 Å². The Morgan fingerprint density at radius 1 is 0.912 bits per heavy atom. The van der Waals surface area contributed by atoms with Crippen LogP contribution in [0.5, 0.6) is 0 Å². The van der Waals surface area contributed by atoms with E-state index in [0.717, 1.165) is 53.6 Å². The molecule has 1 aliphatic heterocycles. The highest BCUT2D eigenvalue weighted by molar-refractivity contribution is 5.82. The Morgan fingerprint density at radius 2 is 1.76 bits per heavy atom. The Morgan fingerprint density at radius 3 is 2.62 bits per heavy atom. The van der Waals surface area contributed by atoms with E-state index in [-0.39, 0.29) is 5.82 Å². The fourth-order valence-electron chi connectivity index (χ4n) is 6.12. The summed E-state index contributed by atoms with van der Waals surface area (Å²) in [4.78, 5) is 15.5. The molecule has 0 radical (unpaired) electrons. The molecule has 1 N–H and O–H groups in total. The highest BCUT2D eigenvalue weighted by Gasteiger charge is 2.25. The zero-order valence-electron chi connectivity index (χ0n) is 19.8. The summed E-state index contributed by atoms with van der Waals surface area (Å²) >= 11 is 0. The van der Waals surface area contributed by atoms with Gasteiger partial charge in [-0.05, 0) is 111 Å². The average Bonchev–Trinajstić information content (AvgIpc) is 3.26. The van der Waals surface area contributed by atoms with Crippen molar-refractivity contribution in [2.75, 3.05) is 13.1 Å². The highest BCUT2D eigenvalue weighted by Crippen LogP contribution is 2.39. The van der Waals surface area contributed by atoms with Gasteiger partial charge in [0.05, 0.1) is 16.6 Å². The number of nitrogens with zero attached hydrogens (tertiary/aromatic N) is 3. The van der Waals surface area contributed by atoms with Crippen molar-refractivity contribution in [2.45, 2.75) is 63.8 Å². The van der Waals surface area contributed by atoms with Gasteiger partial charge in [0.15, 0.2) is 0 Å². The fourth-order valence-corrected chi connectivity index (χ4v) is 6.12. The Bertz CT molecular complexity index is 1280. The number of benzene rings is 2. The third kappa shape index (κ3) is 4.58. The largest absolute Gasteiger partial charge is 0.342 e. The zero-order valence-corrected chi connectivity index (χ0v) is 19.8. The number of hydrogen-bond acceptors (Lipinski definition) is 3. The number of aromatic nitrogens is 3. The molecular formula is C29H33FN4. The summed E-state index contributed by atoms with van der Waals surface area (Å²) < 4.78 is 13.9. The van der Waals surface area contributed by atoms with Crippen LogP contribution in [0.4, 0.5) is 4.39 Å². The molecule has 34 heavy (non-hydrogen) atoms. The van der Waals surface area contributed by atoms with E-state index in [9.17, 15) is 4.39 Å². The molecular weight excluding hydrogens is 423 g/mol. The van der Waals surface area contributed by atoms with Gasteiger partial charge < -0.3 is 4.98 Å². The van der Waals surface area contributed by atoms with Gasteiger partial charge in [-0.1, -0.05) is 12.5 Å². The topological polar surface area (TPSA) is 44.8 Å². The van der Waals surface area contributed by atoms with Crippen LogP contribution in [0.15, 0.2) is 48.7 Å². The van der Waals surface area contributed by atoms with Gasteiger partial charge in [0, 0.05) is 24.5 Å². The lowest BCUT2D eigenvalue weighted by atomic mass is 9.77. The smallest absolute Gasteiger partial charge is 0.123 e. The number of hydrogen-bond donors (Lipinski definition) is 1. The van der Waals surface area contributed by atoms with Crippen LogP contribution in [0, 0.1) is 11.7 Å². The normalized spacial score (nSPS) is 21.9. The summed E-state index contributed by atoms with van der Waals surface area (Å²) in [5.41, 5.74) is 5.77. The second kappa shape index (κ2) is 9.46. The van der Waals surface area contributed by atoms with Gasteiger partial charge in [-0.25, -0.2) is 9.37 Å². The van der Waals surface area contributed by atoms with E-state index in [0.29, 0.717) is 11.8 Å². The Labute approximate surface area is 200 Å². The molecule has 4 aromatic rings. The molecule has 1 saturated carbocycles. The summed E-state index contributed by atoms with van der Waals surface area (Å²) in [6.07, 6.45) is 11.5. The van der Waals surface area contributed by atoms with Crippen molar-refractivity contribution in [1.82, 2.24) is 19.9 Å². The van der Waals surface area contributed by atoms with Crippen molar-refractivity contribution in [3.05, 3.63) is 71.4 Å². The molecule has 0 bridgehead atoms. The van der Waals surface area contributed by atoms with Crippen molar-refractivity contribution in [3.63, 3.8) is 0 Å². The second-order valence-electron chi connectivity index (χ2n) is 10.4. The number of aromatic amines is 1. The Hall–Kier alpha value is -2.79. The SMILES string of the molecule is Fc1ccc2nccc(C3CCC(Cc4nc5cc(CN6CCCCC6)ccc5[nH]4)CC3)c2c1. The van der Waals surface area contributed by atoms with Crippen LogP contribution < -0.4 is 0 Å². The lowest BCUT2D eigenvalue weighted by Crippen LogP contribution is -2.29. The van der Waals surface area contributed by atoms with Gasteiger partial charge in [-0.3, -0.25) is 9.88 Å². The van der Waals surface area contributed by atoms with E-state index < -0.39 is 0 Å². The molecule has 6 rings (SSSR count). The molecule has 0 spiro atoms.